The Balaban J connectivity index is 1.34. The first-order valence-corrected chi connectivity index (χ1v) is 10.7. The summed E-state index contributed by atoms with van der Waals surface area (Å²) >= 11 is 0. The minimum absolute atomic E-state index is 0.698. The fraction of sp³-hybridized carbons (Fsp3) is 0.458. The van der Waals surface area contributed by atoms with Crippen molar-refractivity contribution in [2.75, 3.05) is 39.8 Å². The first kappa shape index (κ1) is 18.6. The average Bonchev–Trinajstić information content (AvgIpc) is 3.50. The Labute approximate surface area is 172 Å². The van der Waals surface area contributed by atoms with E-state index in [4.69, 9.17) is 14.1 Å². The standard InChI is InChI=1S/C24H29N3O2/c1-17-22(16-27-13-11-26(12-14-27)15-18-7-8-18)25-24(29-17)21-9-10-23(28-2)20-6-4-3-5-19(20)21/h3-6,9-10,18H,7-8,11-16H2,1-2H3. The lowest BCUT2D eigenvalue weighted by Crippen LogP contribution is -2.46. The largest absolute Gasteiger partial charge is 0.496 e. The van der Waals surface area contributed by atoms with Crippen LogP contribution in [0.3, 0.4) is 0 Å². The molecular formula is C24H29N3O2. The van der Waals surface area contributed by atoms with E-state index in [0.717, 1.165) is 59.1 Å². The van der Waals surface area contributed by atoms with Gasteiger partial charge in [-0.3, -0.25) is 4.90 Å². The van der Waals surface area contributed by atoms with Crippen molar-refractivity contribution in [3.8, 4) is 17.2 Å². The molecule has 0 radical (unpaired) electrons. The van der Waals surface area contributed by atoms with Crippen LogP contribution in [0, 0.1) is 12.8 Å². The number of rotatable bonds is 6. The van der Waals surface area contributed by atoms with Crippen LogP contribution in [-0.4, -0.2) is 54.6 Å². The average molecular weight is 392 g/mol. The second kappa shape index (κ2) is 7.81. The molecule has 1 saturated heterocycles. The molecule has 3 aromatic rings. The van der Waals surface area contributed by atoms with Gasteiger partial charge in [0.15, 0.2) is 0 Å². The Kier molecular flexibility index (Phi) is 5.02. The third-order valence-electron chi connectivity index (χ3n) is 6.28. The van der Waals surface area contributed by atoms with Crippen molar-refractivity contribution in [2.45, 2.75) is 26.3 Å². The van der Waals surface area contributed by atoms with Gasteiger partial charge in [-0.1, -0.05) is 24.3 Å². The van der Waals surface area contributed by atoms with Crippen molar-refractivity contribution < 1.29 is 9.15 Å². The van der Waals surface area contributed by atoms with E-state index >= 15 is 0 Å². The molecular weight excluding hydrogens is 362 g/mol. The maximum absolute atomic E-state index is 6.12. The SMILES string of the molecule is COc1ccc(-c2nc(CN3CCN(CC4CC4)CC3)c(C)o2)c2ccccc12. The fourth-order valence-electron chi connectivity index (χ4n) is 4.33. The summed E-state index contributed by atoms with van der Waals surface area (Å²) in [6, 6.07) is 12.3. The van der Waals surface area contributed by atoms with Crippen LogP contribution >= 0.6 is 0 Å². The summed E-state index contributed by atoms with van der Waals surface area (Å²) in [5, 5.41) is 2.19. The van der Waals surface area contributed by atoms with Crippen molar-refractivity contribution >= 4 is 10.8 Å². The lowest BCUT2D eigenvalue weighted by Gasteiger charge is -2.34. The number of ether oxygens (including phenoxy) is 1. The van der Waals surface area contributed by atoms with Gasteiger partial charge in [-0.05, 0) is 43.2 Å². The molecule has 1 saturated carbocycles. The molecule has 2 aliphatic rings. The zero-order chi connectivity index (χ0) is 19.8. The zero-order valence-corrected chi connectivity index (χ0v) is 17.4. The van der Waals surface area contributed by atoms with Gasteiger partial charge in [0, 0.05) is 50.2 Å². The van der Waals surface area contributed by atoms with Crippen molar-refractivity contribution in [2.24, 2.45) is 5.92 Å². The van der Waals surface area contributed by atoms with Gasteiger partial charge in [0.1, 0.15) is 11.5 Å². The summed E-state index contributed by atoms with van der Waals surface area (Å²) in [5.41, 5.74) is 2.07. The maximum atomic E-state index is 6.12. The normalized spacial score (nSPS) is 18.4. The Bertz CT molecular complexity index is 1000. The first-order chi connectivity index (χ1) is 14.2. The van der Waals surface area contributed by atoms with E-state index < -0.39 is 0 Å². The highest BCUT2D eigenvalue weighted by molar-refractivity contribution is 5.98. The molecule has 2 heterocycles. The van der Waals surface area contributed by atoms with Gasteiger partial charge in [-0.2, -0.15) is 0 Å². The minimum Gasteiger partial charge on any atom is -0.496 e. The highest BCUT2D eigenvalue weighted by Crippen LogP contribution is 2.35. The van der Waals surface area contributed by atoms with Crippen LogP contribution in [0.15, 0.2) is 40.8 Å². The van der Waals surface area contributed by atoms with E-state index in [0.29, 0.717) is 5.89 Å². The Hall–Kier alpha value is -2.37. The number of benzene rings is 2. The number of aryl methyl sites for hydroxylation is 1. The molecule has 5 heteroatoms. The topological polar surface area (TPSA) is 41.7 Å². The summed E-state index contributed by atoms with van der Waals surface area (Å²) in [7, 11) is 1.71. The third-order valence-corrected chi connectivity index (χ3v) is 6.28. The molecule has 0 amide bonds. The molecule has 29 heavy (non-hydrogen) atoms. The second-order valence-corrected chi connectivity index (χ2v) is 8.40. The molecule has 0 spiro atoms. The van der Waals surface area contributed by atoms with E-state index in [-0.39, 0.29) is 0 Å². The smallest absolute Gasteiger partial charge is 0.227 e. The lowest BCUT2D eigenvalue weighted by molar-refractivity contribution is 0.122. The maximum Gasteiger partial charge on any atom is 0.227 e. The number of fused-ring (bicyclic) bond motifs is 1. The van der Waals surface area contributed by atoms with E-state index in [1.54, 1.807) is 7.11 Å². The zero-order valence-electron chi connectivity index (χ0n) is 17.4. The third kappa shape index (κ3) is 3.89. The van der Waals surface area contributed by atoms with E-state index in [9.17, 15) is 0 Å². The Morgan fingerprint density at radius 2 is 1.72 bits per heavy atom. The van der Waals surface area contributed by atoms with Crippen molar-refractivity contribution in [3.63, 3.8) is 0 Å². The second-order valence-electron chi connectivity index (χ2n) is 8.40. The first-order valence-electron chi connectivity index (χ1n) is 10.7. The van der Waals surface area contributed by atoms with Crippen LogP contribution in [0.5, 0.6) is 5.75 Å². The number of aromatic nitrogens is 1. The van der Waals surface area contributed by atoms with Gasteiger partial charge < -0.3 is 14.1 Å². The highest BCUT2D eigenvalue weighted by Gasteiger charge is 2.27. The van der Waals surface area contributed by atoms with E-state index in [1.165, 1.54) is 32.5 Å². The van der Waals surface area contributed by atoms with Gasteiger partial charge in [0.05, 0.1) is 12.8 Å². The van der Waals surface area contributed by atoms with Gasteiger partial charge in [-0.15, -0.1) is 0 Å². The predicted molar refractivity (Wildman–Crippen MR) is 115 cm³/mol. The lowest BCUT2D eigenvalue weighted by atomic mass is 10.0. The van der Waals surface area contributed by atoms with E-state index in [1.807, 2.05) is 31.2 Å². The van der Waals surface area contributed by atoms with Crippen molar-refractivity contribution in [1.29, 1.82) is 0 Å². The summed E-state index contributed by atoms with van der Waals surface area (Å²) in [6.45, 7) is 8.75. The summed E-state index contributed by atoms with van der Waals surface area (Å²) < 4.78 is 11.6. The van der Waals surface area contributed by atoms with Gasteiger partial charge >= 0.3 is 0 Å². The van der Waals surface area contributed by atoms with E-state index in [2.05, 4.69) is 21.9 Å². The van der Waals surface area contributed by atoms with Crippen molar-refractivity contribution in [1.82, 2.24) is 14.8 Å². The fourth-order valence-corrected chi connectivity index (χ4v) is 4.33. The molecule has 5 rings (SSSR count). The molecule has 5 nitrogen and oxygen atoms in total. The van der Waals surface area contributed by atoms with Crippen LogP contribution in [0.2, 0.25) is 0 Å². The molecule has 1 aromatic heterocycles. The molecule has 0 bridgehead atoms. The molecule has 0 atom stereocenters. The summed E-state index contributed by atoms with van der Waals surface area (Å²) in [6.07, 6.45) is 2.86. The monoisotopic (exact) mass is 391 g/mol. The summed E-state index contributed by atoms with van der Waals surface area (Å²) in [5.74, 6) is 3.46. The number of methoxy groups -OCH3 is 1. The molecule has 2 aromatic carbocycles. The number of oxazole rings is 1. The highest BCUT2D eigenvalue weighted by atomic mass is 16.5. The molecule has 152 valence electrons. The van der Waals surface area contributed by atoms with Gasteiger partial charge in [0.2, 0.25) is 5.89 Å². The van der Waals surface area contributed by atoms with Crippen molar-refractivity contribution in [3.05, 3.63) is 47.9 Å². The quantitative estimate of drug-likeness (QED) is 0.625. The predicted octanol–water partition coefficient (Wildman–Crippen LogP) is 4.34. The van der Waals surface area contributed by atoms with Crippen LogP contribution in [0.25, 0.3) is 22.2 Å². The van der Waals surface area contributed by atoms with Crippen LogP contribution in [-0.2, 0) is 6.54 Å². The van der Waals surface area contributed by atoms with Crippen LogP contribution < -0.4 is 4.74 Å². The number of nitrogens with zero attached hydrogens (tertiary/aromatic N) is 3. The summed E-state index contributed by atoms with van der Waals surface area (Å²) in [4.78, 5) is 10.0. The van der Waals surface area contributed by atoms with Gasteiger partial charge in [-0.25, -0.2) is 4.98 Å². The minimum atomic E-state index is 0.698. The molecule has 1 aliphatic heterocycles. The molecule has 0 unspecified atom stereocenters. The van der Waals surface area contributed by atoms with Crippen LogP contribution in [0.4, 0.5) is 0 Å². The Morgan fingerprint density at radius 3 is 2.45 bits per heavy atom. The van der Waals surface area contributed by atoms with Gasteiger partial charge in [0.25, 0.3) is 0 Å². The number of hydrogen-bond donors (Lipinski definition) is 0. The number of hydrogen-bond acceptors (Lipinski definition) is 5. The van der Waals surface area contributed by atoms with Crippen LogP contribution in [0.1, 0.15) is 24.3 Å². The molecule has 2 fully saturated rings. The number of piperazine rings is 1. The molecule has 0 N–H and O–H groups in total. The Morgan fingerprint density at radius 1 is 1.00 bits per heavy atom. The molecule has 1 aliphatic carbocycles.